The lowest BCUT2D eigenvalue weighted by Crippen LogP contribution is -2.54. The molecule has 0 aromatic heterocycles. The van der Waals surface area contributed by atoms with E-state index in [1.54, 1.807) is 0 Å². The lowest BCUT2D eigenvalue weighted by Gasteiger charge is -2.37. The number of β-amino-alcohol motifs (C(OH)–C–C–N with tert-alkyl or cyclic N) is 1. The van der Waals surface area contributed by atoms with Crippen LogP contribution in [-0.4, -0.2) is 60.6 Å². The standard InChI is InChI=1S/C14H19N3O2S/c18-13-9-17(10-13)14(20)15-11-1-3-12(4-2-11)16-5-7-19-8-6-16/h1-4,13,18H,5-10H2,(H,15,20). The molecule has 5 nitrogen and oxygen atoms in total. The molecule has 3 rings (SSSR count). The highest BCUT2D eigenvalue weighted by Gasteiger charge is 2.26. The summed E-state index contributed by atoms with van der Waals surface area (Å²) in [7, 11) is 0. The maximum atomic E-state index is 9.27. The van der Waals surface area contributed by atoms with E-state index in [4.69, 9.17) is 17.0 Å². The normalized spacial score (nSPS) is 19.6. The number of aliphatic hydroxyl groups is 1. The zero-order valence-electron chi connectivity index (χ0n) is 11.3. The van der Waals surface area contributed by atoms with Gasteiger partial charge in [0.25, 0.3) is 0 Å². The van der Waals surface area contributed by atoms with Crippen LogP contribution in [0.4, 0.5) is 11.4 Å². The molecule has 1 aromatic carbocycles. The van der Waals surface area contributed by atoms with Gasteiger partial charge < -0.3 is 25.0 Å². The molecule has 6 heteroatoms. The lowest BCUT2D eigenvalue weighted by atomic mass is 10.2. The Bertz CT molecular complexity index is 468. The molecule has 20 heavy (non-hydrogen) atoms. The van der Waals surface area contributed by atoms with Crippen molar-refractivity contribution in [2.45, 2.75) is 6.10 Å². The zero-order valence-corrected chi connectivity index (χ0v) is 12.1. The van der Waals surface area contributed by atoms with E-state index < -0.39 is 0 Å². The first-order chi connectivity index (χ1) is 9.72. The summed E-state index contributed by atoms with van der Waals surface area (Å²) in [5.74, 6) is 0. The largest absolute Gasteiger partial charge is 0.389 e. The first-order valence-electron chi connectivity index (χ1n) is 6.89. The van der Waals surface area contributed by atoms with Gasteiger partial charge in [0.2, 0.25) is 0 Å². The Labute approximate surface area is 124 Å². The van der Waals surface area contributed by atoms with Crippen LogP contribution in [-0.2, 0) is 4.74 Å². The van der Waals surface area contributed by atoms with E-state index in [9.17, 15) is 5.11 Å². The molecule has 2 aliphatic rings. The van der Waals surface area contributed by atoms with Crippen molar-refractivity contribution in [1.29, 1.82) is 0 Å². The fourth-order valence-electron chi connectivity index (χ4n) is 2.40. The number of morpholine rings is 1. The van der Waals surface area contributed by atoms with E-state index in [-0.39, 0.29) is 6.10 Å². The van der Waals surface area contributed by atoms with Crippen LogP contribution in [0, 0.1) is 0 Å². The van der Waals surface area contributed by atoms with E-state index in [1.165, 1.54) is 5.69 Å². The topological polar surface area (TPSA) is 48.0 Å². The molecule has 2 saturated heterocycles. The van der Waals surface area contributed by atoms with Gasteiger partial charge >= 0.3 is 0 Å². The average molecular weight is 293 g/mol. The minimum Gasteiger partial charge on any atom is -0.389 e. The van der Waals surface area contributed by atoms with Gasteiger partial charge in [-0.15, -0.1) is 0 Å². The average Bonchev–Trinajstić information content (AvgIpc) is 2.45. The molecule has 2 heterocycles. The monoisotopic (exact) mass is 293 g/mol. The first kappa shape index (κ1) is 13.6. The molecule has 2 N–H and O–H groups in total. The summed E-state index contributed by atoms with van der Waals surface area (Å²) in [5.41, 5.74) is 2.19. The number of benzene rings is 1. The van der Waals surface area contributed by atoms with Gasteiger partial charge in [0, 0.05) is 37.6 Å². The number of likely N-dealkylation sites (tertiary alicyclic amines) is 1. The number of aliphatic hydroxyl groups excluding tert-OH is 1. The van der Waals surface area contributed by atoms with Gasteiger partial charge in [-0.2, -0.15) is 0 Å². The van der Waals surface area contributed by atoms with Gasteiger partial charge in [-0.1, -0.05) is 0 Å². The van der Waals surface area contributed by atoms with Crippen molar-refractivity contribution in [2.24, 2.45) is 0 Å². The summed E-state index contributed by atoms with van der Waals surface area (Å²) >= 11 is 5.30. The summed E-state index contributed by atoms with van der Waals surface area (Å²) in [4.78, 5) is 4.27. The highest BCUT2D eigenvalue weighted by Crippen LogP contribution is 2.20. The van der Waals surface area contributed by atoms with E-state index in [1.807, 2.05) is 17.0 Å². The Morgan fingerprint density at radius 2 is 1.85 bits per heavy atom. The highest BCUT2D eigenvalue weighted by atomic mass is 32.1. The summed E-state index contributed by atoms with van der Waals surface area (Å²) < 4.78 is 5.35. The molecule has 2 fully saturated rings. The van der Waals surface area contributed by atoms with Crippen LogP contribution in [0.3, 0.4) is 0 Å². The van der Waals surface area contributed by atoms with Crippen LogP contribution < -0.4 is 10.2 Å². The Kier molecular flexibility index (Phi) is 4.05. The predicted octanol–water partition coefficient (Wildman–Crippen LogP) is 0.896. The number of thiocarbonyl (C=S) groups is 1. The number of nitrogens with zero attached hydrogens (tertiary/aromatic N) is 2. The van der Waals surface area contributed by atoms with Crippen molar-refractivity contribution in [1.82, 2.24) is 4.90 Å². The number of ether oxygens (including phenoxy) is 1. The van der Waals surface area contributed by atoms with Gasteiger partial charge in [-0.3, -0.25) is 0 Å². The van der Waals surface area contributed by atoms with E-state index in [0.29, 0.717) is 18.2 Å². The smallest absolute Gasteiger partial charge is 0.173 e. The Hall–Kier alpha value is -1.37. The molecular formula is C14H19N3O2S. The van der Waals surface area contributed by atoms with Crippen LogP contribution in [0.5, 0.6) is 0 Å². The summed E-state index contributed by atoms with van der Waals surface area (Å²) in [6, 6.07) is 8.27. The van der Waals surface area contributed by atoms with E-state index in [0.717, 1.165) is 32.0 Å². The van der Waals surface area contributed by atoms with Crippen molar-refractivity contribution >= 4 is 28.7 Å². The molecule has 1 aromatic rings. The van der Waals surface area contributed by atoms with Crippen LogP contribution in [0.15, 0.2) is 24.3 Å². The van der Waals surface area contributed by atoms with Gasteiger partial charge in [-0.25, -0.2) is 0 Å². The SMILES string of the molecule is OC1CN(C(=S)Nc2ccc(N3CCOCC3)cc2)C1. The molecule has 2 aliphatic heterocycles. The second-order valence-electron chi connectivity index (χ2n) is 5.14. The van der Waals surface area contributed by atoms with Crippen LogP contribution in [0.2, 0.25) is 0 Å². The molecular weight excluding hydrogens is 274 g/mol. The lowest BCUT2D eigenvalue weighted by molar-refractivity contribution is 0.0482. The third kappa shape index (κ3) is 3.03. The summed E-state index contributed by atoms with van der Waals surface area (Å²) in [6.45, 7) is 4.71. The van der Waals surface area contributed by atoms with E-state index in [2.05, 4.69) is 22.3 Å². The predicted molar refractivity (Wildman–Crippen MR) is 83.3 cm³/mol. The summed E-state index contributed by atoms with van der Waals surface area (Å²) in [5, 5.41) is 13.1. The Balaban J connectivity index is 1.57. The number of hydrogen-bond acceptors (Lipinski definition) is 4. The van der Waals surface area contributed by atoms with E-state index >= 15 is 0 Å². The van der Waals surface area contributed by atoms with Gasteiger partial charge in [0.15, 0.2) is 5.11 Å². The van der Waals surface area contributed by atoms with Gasteiger partial charge in [-0.05, 0) is 36.5 Å². The molecule has 0 spiro atoms. The maximum absolute atomic E-state index is 9.27. The van der Waals surface area contributed by atoms with Crippen LogP contribution in [0.1, 0.15) is 0 Å². The van der Waals surface area contributed by atoms with Crippen LogP contribution >= 0.6 is 12.2 Å². The molecule has 0 atom stereocenters. The third-order valence-corrected chi connectivity index (χ3v) is 4.00. The van der Waals surface area contributed by atoms with Crippen molar-refractivity contribution in [3.05, 3.63) is 24.3 Å². The minimum absolute atomic E-state index is 0.238. The summed E-state index contributed by atoms with van der Waals surface area (Å²) in [6.07, 6.45) is -0.238. The van der Waals surface area contributed by atoms with Crippen LogP contribution in [0.25, 0.3) is 0 Å². The van der Waals surface area contributed by atoms with Crippen molar-refractivity contribution in [3.63, 3.8) is 0 Å². The zero-order chi connectivity index (χ0) is 13.9. The molecule has 0 saturated carbocycles. The second-order valence-corrected chi connectivity index (χ2v) is 5.52. The Morgan fingerprint density at radius 3 is 2.45 bits per heavy atom. The number of hydrogen-bond donors (Lipinski definition) is 2. The number of anilines is 2. The fourth-order valence-corrected chi connectivity index (χ4v) is 2.67. The maximum Gasteiger partial charge on any atom is 0.173 e. The minimum atomic E-state index is -0.238. The van der Waals surface area contributed by atoms with Crippen molar-refractivity contribution in [3.8, 4) is 0 Å². The number of rotatable bonds is 2. The van der Waals surface area contributed by atoms with Crippen molar-refractivity contribution < 1.29 is 9.84 Å². The molecule has 0 amide bonds. The van der Waals surface area contributed by atoms with Gasteiger partial charge in [0.05, 0.1) is 19.3 Å². The Morgan fingerprint density at radius 1 is 1.20 bits per heavy atom. The van der Waals surface area contributed by atoms with Crippen molar-refractivity contribution in [2.75, 3.05) is 49.6 Å². The molecule has 108 valence electrons. The first-order valence-corrected chi connectivity index (χ1v) is 7.30. The fraction of sp³-hybridized carbons (Fsp3) is 0.500. The second kappa shape index (κ2) is 5.95. The quantitative estimate of drug-likeness (QED) is 0.790. The molecule has 0 aliphatic carbocycles. The third-order valence-electron chi connectivity index (χ3n) is 3.64. The molecule has 0 bridgehead atoms. The van der Waals surface area contributed by atoms with Gasteiger partial charge in [0.1, 0.15) is 0 Å². The highest BCUT2D eigenvalue weighted by molar-refractivity contribution is 7.80. The number of nitrogens with one attached hydrogen (secondary N) is 1. The molecule has 0 radical (unpaired) electrons. The molecule has 0 unspecified atom stereocenters.